The number of halogens is 2. The van der Waals surface area contributed by atoms with E-state index in [0.29, 0.717) is 0 Å². The van der Waals surface area contributed by atoms with Gasteiger partial charge in [0.15, 0.2) is 0 Å². The Bertz CT molecular complexity index is 309. The molecule has 3 nitrogen and oxygen atoms in total. The van der Waals surface area contributed by atoms with Crippen LogP contribution in [0, 0.1) is 0 Å². The van der Waals surface area contributed by atoms with E-state index in [0.717, 1.165) is 25.4 Å². The Hall–Kier alpha value is -0.480. The molecular formula is C13H24Cl2N2O. The molecule has 0 aliphatic rings. The molecule has 0 aliphatic heterocycles. The zero-order chi connectivity index (χ0) is 11.8. The minimum atomic E-state index is 0. The van der Waals surface area contributed by atoms with Crippen LogP contribution in [0.5, 0.6) is 5.75 Å². The molecule has 0 fully saturated rings. The van der Waals surface area contributed by atoms with E-state index in [2.05, 4.69) is 36.4 Å². The molecule has 106 valence electrons. The van der Waals surface area contributed by atoms with Crippen molar-refractivity contribution in [2.24, 2.45) is 0 Å². The minimum absolute atomic E-state index is 0. The molecule has 1 rings (SSSR count). The average molecular weight is 295 g/mol. The summed E-state index contributed by atoms with van der Waals surface area (Å²) in [6, 6.07) is 8.17. The van der Waals surface area contributed by atoms with Crippen molar-refractivity contribution in [3.05, 3.63) is 29.8 Å². The summed E-state index contributed by atoms with van der Waals surface area (Å²) in [5.41, 5.74) is 1.27. The Morgan fingerprint density at radius 2 is 1.94 bits per heavy atom. The molecule has 5 heteroatoms. The summed E-state index contributed by atoms with van der Waals surface area (Å²) in [5, 5.41) is 3.43. The van der Waals surface area contributed by atoms with E-state index in [1.807, 2.05) is 12.1 Å². The highest BCUT2D eigenvalue weighted by Gasteiger charge is 1.95. The summed E-state index contributed by atoms with van der Waals surface area (Å²) in [5.74, 6) is 0.924. The van der Waals surface area contributed by atoms with Gasteiger partial charge in [-0.2, -0.15) is 0 Å². The minimum Gasteiger partial charge on any atom is -0.497 e. The monoisotopic (exact) mass is 294 g/mol. The van der Waals surface area contributed by atoms with Crippen LogP contribution in [0.2, 0.25) is 0 Å². The van der Waals surface area contributed by atoms with Crippen LogP contribution in [0.15, 0.2) is 24.3 Å². The first-order chi connectivity index (χ1) is 7.72. The Morgan fingerprint density at radius 3 is 2.56 bits per heavy atom. The second-order valence-corrected chi connectivity index (χ2v) is 4.19. The van der Waals surface area contributed by atoms with Crippen LogP contribution in [0.25, 0.3) is 0 Å². The molecule has 0 atom stereocenters. The van der Waals surface area contributed by atoms with Crippen molar-refractivity contribution in [1.82, 2.24) is 10.2 Å². The molecule has 0 saturated carbocycles. The summed E-state index contributed by atoms with van der Waals surface area (Å²) in [4.78, 5) is 2.20. The van der Waals surface area contributed by atoms with E-state index in [9.17, 15) is 0 Å². The zero-order valence-corrected chi connectivity index (χ0v) is 12.9. The first kappa shape index (κ1) is 19.9. The number of ether oxygens (including phenoxy) is 1. The molecular weight excluding hydrogens is 271 g/mol. The van der Waals surface area contributed by atoms with Gasteiger partial charge in [-0.15, -0.1) is 24.8 Å². The number of hydrogen-bond acceptors (Lipinski definition) is 3. The third-order valence-corrected chi connectivity index (χ3v) is 2.42. The lowest BCUT2D eigenvalue weighted by molar-refractivity contribution is 0.394. The van der Waals surface area contributed by atoms with Crippen molar-refractivity contribution in [2.45, 2.75) is 13.0 Å². The normalized spacial score (nSPS) is 9.56. The highest BCUT2D eigenvalue weighted by Crippen LogP contribution is 2.11. The van der Waals surface area contributed by atoms with Crippen LogP contribution in [-0.2, 0) is 6.54 Å². The quantitative estimate of drug-likeness (QED) is 0.783. The van der Waals surface area contributed by atoms with Crippen molar-refractivity contribution in [1.29, 1.82) is 0 Å². The van der Waals surface area contributed by atoms with Crippen LogP contribution in [0.3, 0.4) is 0 Å². The molecule has 0 aromatic heterocycles. The van der Waals surface area contributed by atoms with Crippen LogP contribution in [-0.4, -0.2) is 39.2 Å². The Morgan fingerprint density at radius 1 is 1.22 bits per heavy atom. The standard InChI is InChI=1S/C13H22N2O.2ClH/c1-15(2)9-5-8-14-11-12-6-4-7-13(10-12)16-3;;/h4,6-7,10,14H,5,8-9,11H2,1-3H3;2*1H. The number of rotatable bonds is 7. The van der Waals surface area contributed by atoms with Gasteiger partial charge in [0.25, 0.3) is 0 Å². The zero-order valence-electron chi connectivity index (χ0n) is 11.3. The molecule has 0 bridgehead atoms. The first-order valence-electron chi connectivity index (χ1n) is 5.71. The molecule has 0 radical (unpaired) electrons. The van der Waals surface area contributed by atoms with Gasteiger partial charge in [0.1, 0.15) is 5.75 Å². The van der Waals surface area contributed by atoms with E-state index in [-0.39, 0.29) is 24.8 Å². The SMILES string of the molecule is COc1cccc(CNCCCN(C)C)c1.Cl.Cl. The molecule has 0 amide bonds. The molecule has 1 aromatic carbocycles. The van der Waals surface area contributed by atoms with Crippen molar-refractivity contribution in [2.75, 3.05) is 34.3 Å². The maximum Gasteiger partial charge on any atom is 0.119 e. The molecule has 18 heavy (non-hydrogen) atoms. The topological polar surface area (TPSA) is 24.5 Å². The highest BCUT2D eigenvalue weighted by molar-refractivity contribution is 5.85. The van der Waals surface area contributed by atoms with Crippen LogP contribution < -0.4 is 10.1 Å². The molecule has 0 aliphatic carbocycles. The third kappa shape index (κ3) is 8.59. The number of nitrogens with one attached hydrogen (secondary N) is 1. The molecule has 0 unspecified atom stereocenters. The van der Waals surface area contributed by atoms with Crippen LogP contribution >= 0.6 is 24.8 Å². The lowest BCUT2D eigenvalue weighted by Crippen LogP contribution is -2.20. The second-order valence-electron chi connectivity index (χ2n) is 4.19. The lowest BCUT2D eigenvalue weighted by atomic mass is 10.2. The Balaban J connectivity index is 0. The lowest BCUT2D eigenvalue weighted by Gasteiger charge is -2.10. The number of benzene rings is 1. The van der Waals surface area contributed by atoms with Gasteiger partial charge in [0, 0.05) is 6.54 Å². The van der Waals surface area contributed by atoms with Gasteiger partial charge in [-0.1, -0.05) is 12.1 Å². The smallest absolute Gasteiger partial charge is 0.119 e. The highest BCUT2D eigenvalue weighted by atomic mass is 35.5. The third-order valence-electron chi connectivity index (χ3n) is 2.42. The van der Waals surface area contributed by atoms with Gasteiger partial charge >= 0.3 is 0 Å². The number of methoxy groups -OCH3 is 1. The van der Waals surface area contributed by atoms with Crippen molar-refractivity contribution < 1.29 is 4.74 Å². The molecule has 0 heterocycles. The van der Waals surface area contributed by atoms with E-state index in [1.54, 1.807) is 7.11 Å². The van der Waals surface area contributed by atoms with E-state index >= 15 is 0 Å². The number of nitrogens with zero attached hydrogens (tertiary/aromatic N) is 1. The Kier molecular flexibility index (Phi) is 12.8. The average Bonchev–Trinajstić information content (AvgIpc) is 2.28. The van der Waals surface area contributed by atoms with E-state index in [4.69, 9.17) is 4.74 Å². The fourth-order valence-corrected chi connectivity index (χ4v) is 1.54. The van der Waals surface area contributed by atoms with Crippen molar-refractivity contribution in [3.8, 4) is 5.75 Å². The molecule has 0 spiro atoms. The largest absolute Gasteiger partial charge is 0.497 e. The van der Waals surface area contributed by atoms with Crippen molar-refractivity contribution >= 4 is 24.8 Å². The maximum atomic E-state index is 5.18. The first-order valence-corrected chi connectivity index (χ1v) is 5.71. The fraction of sp³-hybridized carbons (Fsp3) is 0.538. The van der Waals surface area contributed by atoms with Gasteiger partial charge in [-0.25, -0.2) is 0 Å². The van der Waals surface area contributed by atoms with Gasteiger partial charge in [-0.05, 0) is 51.3 Å². The van der Waals surface area contributed by atoms with Gasteiger partial charge < -0.3 is 15.0 Å². The van der Waals surface area contributed by atoms with Gasteiger partial charge in [0.2, 0.25) is 0 Å². The molecule has 1 N–H and O–H groups in total. The summed E-state index contributed by atoms with van der Waals surface area (Å²) < 4.78 is 5.18. The second kappa shape index (κ2) is 11.6. The van der Waals surface area contributed by atoms with Crippen molar-refractivity contribution in [3.63, 3.8) is 0 Å². The predicted octanol–water partition coefficient (Wildman–Crippen LogP) is 2.58. The fourth-order valence-electron chi connectivity index (χ4n) is 1.54. The van der Waals surface area contributed by atoms with Gasteiger partial charge in [-0.3, -0.25) is 0 Å². The van der Waals surface area contributed by atoms with Gasteiger partial charge in [0.05, 0.1) is 7.11 Å². The van der Waals surface area contributed by atoms with E-state index < -0.39 is 0 Å². The summed E-state index contributed by atoms with van der Waals surface area (Å²) >= 11 is 0. The molecule has 1 aromatic rings. The van der Waals surface area contributed by atoms with Crippen LogP contribution in [0.4, 0.5) is 0 Å². The summed E-state index contributed by atoms with van der Waals surface area (Å²) in [7, 11) is 5.90. The summed E-state index contributed by atoms with van der Waals surface area (Å²) in [6.07, 6.45) is 1.18. The number of hydrogen-bond donors (Lipinski definition) is 1. The molecule has 0 saturated heterocycles. The maximum absolute atomic E-state index is 5.18. The van der Waals surface area contributed by atoms with E-state index in [1.165, 1.54) is 12.0 Å². The Labute approximate surface area is 123 Å². The summed E-state index contributed by atoms with van der Waals surface area (Å²) in [6.45, 7) is 3.09. The van der Waals surface area contributed by atoms with Crippen LogP contribution in [0.1, 0.15) is 12.0 Å². The predicted molar refractivity (Wildman–Crippen MR) is 82.4 cm³/mol.